The summed E-state index contributed by atoms with van der Waals surface area (Å²) < 4.78 is 19.3. The highest BCUT2D eigenvalue weighted by Crippen LogP contribution is 2.66. The third-order valence-electron chi connectivity index (χ3n) is 9.05. The summed E-state index contributed by atoms with van der Waals surface area (Å²) in [7, 11) is 0. The fourth-order valence-corrected chi connectivity index (χ4v) is 7.68. The first-order valence-electron chi connectivity index (χ1n) is 11.5. The molecule has 0 amide bonds. The first-order valence-corrected chi connectivity index (χ1v) is 11.5. The number of fused-ring (bicyclic) bond motifs is 1. The van der Waals surface area contributed by atoms with Gasteiger partial charge in [-0.2, -0.15) is 0 Å². The topological polar surface area (TPSA) is 35.3 Å². The molecule has 0 aromatic heterocycles. The Labute approximate surface area is 172 Å². The largest absolute Gasteiger partial charge is 0.495 e. The van der Waals surface area contributed by atoms with Crippen molar-refractivity contribution in [2.75, 3.05) is 26.3 Å². The molecule has 2 bridgehead atoms. The molecule has 1 aromatic rings. The molecule has 2 saturated heterocycles. The van der Waals surface area contributed by atoms with Crippen LogP contribution < -0.4 is 4.74 Å². The number of benzene rings is 1. The van der Waals surface area contributed by atoms with Crippen molar-refractivity contribution in [2.45, 2.75) is 68.3 Å². The summed E-state index contributed by atoms with van der Waals surface area (Å²) in [6.07, 6.45) is 8.36. The van der Waals surface area contributed by atoms with Crippen molar-refractivity contribution < 1.29 is 14.2 Å². The van der Waals surface area contributed by atoms with Gasteiger partial charge in [0.1, 0.15) is 5.75 Å². The zero-order chi connectivity index (χ0) is 19.2. The number of nitrogens with zero attached hydrogens (tertiary/aromatic N) is 2. The summed E-state index contributed by atoms with van der Waals surface area (Å²) in [6, 6.07) is 4.78. The second kappa shape index (κ2) is 5.75. The van der Waals surface area contributed by atoms with Gasteiger partial charge in [0.15, 0.2) is 6.10 Å². The minimum atomic E-state index is -0.621. The Hall–Kier alpha value is -1.61. The summed E-state index contributed by atoms with van der Waals surface area (Å²) in [5, 5.41) is 0. The van der Waals surface area contributed by atoms with Crippen LogP contribution in [0.1, 0.15) is 49.7 Å². The predicted molar refractivity (Wildman–Crippen MR) is 107 cm³/mol. The molecule has 2 spiro atoms. The van der Waals surface area contributed by atoms with E-state index in [-0.39, 0.29) is 11.5 Å². The first-order chi connectivity index (χ1) is 14.2. The van der Waals surface area contributed by atoms with E-state index in [1.165, 1.54) is 36.9 Å². The molecule has 152 valence electrons. The summed E-state index contributed by atoms with van der Waals surface area (Å²) in [5.41, 5.74) is 3.37. The number of ether oxygens (including phenoxy) is 3. The highest BCUT2D eigenvalue weighted by atomic mass is 16.8. The number of hydrogen-bond acceptors (Lipinski definition) is 4. The maximum Gasteiger partial charge on any atom is 0.228 e. The van der Waals surface area contributed by atoms with Gasteiger partial charge in [0.25, 0.3) is 0 Å². The quantitative estimate of drug-likeness (QED) is 0.717. The van der Waals surface area contributed by atoms with Crippen LogP contribution in [0, 0.1) is 18.4 Å². The Kier molecular flexibility index (Phi) is 3.39. The Balaban J connectivity index is 1.38. The standard InChI is InChI=1S/C24H28N2O3/c1-25-18-6-5-16-13-19-17-7-8-24(27-11-12-28-24)22-23(17,20(16)21(18)29-22)9-10-26(19)14-15-3-2-4-15/h5-6,15,17,19,22H,2-4,7-14H2/t17-,19+,22+,23-/m0/s1. The molecular weight excluding hydrogens is 364 g/mol. The Morgan fingerprint density at radius 3 is 2.76 bits per heavy atom. The second-order valence-corrected chi connectivity index (χ2v) is 10.1. The van der Waals surface area contributed by atoms with E-state index in [1.54, 1.807) is 0 Å². The molecule has 3 aliphatic heterocycles. The number of piperidine rings is 1. The molecule has 0 N–H and O–H groups in total. The molecule has 5 heteroatoms. The van der Waals surface area contributed by atoms with Crippen LogP contribution in [-0.2, 0) is 21.3 Å². The number of hydrogen-bond donors (Lipinski definition) is 0. The lowest BCUT2D eigenvalue weighted by molar-refractivity contribution is -0.261. The molecule has 5 nitrogen and oxygen atoms in total. The van der Waals surface area contributed by atoms with Gasteiger partial charge in [-0.15, -0.1) is 0 Å². The molecule has 4 fully saturated rings. The summed E-state index contributed by atoms with van der Waals surface area (Å²) >= 11 is 0. The zero-order valence-corrected chi connectivity index (χ0v) is 16.9. The summed E-state index contributed by atoms with van der Waals surface area (Å²) in [6.45, 7) is 11.4. The predicted octanol–water partition coefficient (Wildman–Crippen LogP) is 3.82. The molecule has 6 aliphatic rings. The minimum absolute atomic E-state index is 0.0486. The van der Waals surface area contributed by atoms with E-state index in [4.69, 9.17) is 20.8 Å². The van der Waals surface area contributed by atoms with Gasteiger partial charge in [-0.05, 0) is 61.6 Å². The normalized spacial score (nSPS) is 38.9. The van der Waals surface area contributed by atoms with E-state index in [2.05, 4.69) is 15.8 Å². The van der Waals surface area contributed by atoms with Crippen molar-refractivity contribution in [3.05, 3.63) is 34.7 Å². The first kappa shape index (κ1) is 17.1. The van der Waals surface area contributed by atoms with Gasteiger partial charge in [0.05, 0.1) is 19.8 Å². The van der Waals surface area contributed by atoms with Gasteiger partial charge < -0.3 is 14.2 Å². The molecule has 7 rings (SSSR count). The van der Waals surface area contributed by atoms with Crippen molar-refractivity contribution in [1.29, 1.82) is 0 Å². The van der Waals surface area contributed by atoms with Crippen molar-refractivity contribution in [3.8, 4) is 5.75 Å². The Morgan fingerprint density at radius 1 is 1.14 bits per heavy atom. The lowest BCUT2D eigenvalue weighted by Gasteiger charge is -2.61. The lowest BCUT2D eigenvalue weighted by Crippen LogP contribution is -2.70. The number of likely N-dealkylation sites (tertiary alicyclic amines) is 1. The van der Waals surface area contributed by atoms with E-state index in [1.807, 2.05) is 6.07 Å². The van der Waals surface area contributed by atoms with E-state index < -0.39 is 5.79 Å². The molecule has 1 aromatic carbocycles. The second-order valence-electron chi connectivity index (χ2n) is 10.1. The third-order valence-corrected chi connectivity index (χ3v) is 9.05. The smallest absolute Gasteiger partial charge is 0.228 e. The Bertz CT molecular complexity index is 913. The third kappa shape index (κ3) is 2.01. The monoisotopic (exact) mass is 392 g/mol. The van der Waals surface area contributed by atoms with Crippen LogP contribution >= 0.6 is 0 Å². The Morgan fingerprint density at radius 2 is 2.00 bits per heavy atom. The average Bonchev–Trinajstić information content (AvgIpc) is 3.30. The van der Waals surface area contributed by atoms with E-state index in [0.717, 1.165) is 43.9 Å². The van der Waals surface area contributed by atoms with E-state index >= 15 is 0 Å². The van der Waals surface area contributed by atoms with Gasteiger partial charge in [-0.3, -0.25) is 4.90 Å². The van der Waals surface area contributed by atoms with Crippen LogP contribution in [0.3, 0.4) is 0 Å². The minimum Gasteiger partial charge on any atom is -0.495 e. The van der Waals surface area contributed by atoms with Crippen molar-refractivity contribution in [3.63, 3.8) is 0 Å². The molecule has 2 saturated carbocycles. The highest BCUT2D eigenvalue weighted by Gasteiger charge is 2.71. The molecule has 3 heterocycles. The van der Waals surface area contributed by atoms with Crippen molar-refractivity contribution >= 4 is 5.69 Å². The van der Waals surface area contributed by atoms with E-state index in [9.17, 15) is 0 Å². The van der Waals surface area contributed by atoms with Crippen LogP contribution in [0.2, 0.25) is 0 Å². The van der Waals surface area contributed by atoms with Gasteiger partial charge in [-0.1, -0.05) is 18.6 Å². The summed E-state index contributed by atoms with van der Waals surface area (Å²) in [4.78, 5) is 6.63. The maximum atomic E-state index is 7.70. The zero-order valence-electron chi connectivity index (χ0n) is 16.9. The number of rotatable bonds is 2. The average molecular weight is 392 g/mol. The van der Waals surface area contributed by atoms with Crippen LogP contribution in [0.5, 0.6) is 5.75 Å². The van der Waals surface area contributed by atoms with Gasteiger partial charge >= 0.3 is 0 Å². The van der Waals surface area contributed by atoms with Crippen LogP contribution in [-0.4, -0.2) is 49.1 Å². The van der Waals surface area contributed by atoms with E-state index in [0.29, 0.717) is 30.9 Å². The molecule has 0 radical (unpaired) electrons. The van der Waals surface area contributed by atoms with Crippen LogP contribution in [0.25, 0.3) is 4.85 Å². The molecule has 0 unspecified atom stereocenters. The molecular formula is C24H28N2O3. The van der Waals surface area contributed by atoms with Gasteiger partial charge in [-0.25, -0.2) is 4.85 Å². The van der Waals surface area contributed by atoms with Crippen molar-refractivity contribution in [1.82, 2.24) is 4.90 Å². The molecule has 29 heavy (non-hydrogen) atoms. The van der Waals surface area contributed by atoms with Gasteiger partial charge in [0.2, 0.25) is 11.5 Å². The van der Waals surface area contributed by atoms with Crippen molar-refractivity contribution in [2.24, 2.45) is 11.8 Å². The lowest BCUT2D eigenvalue weighted by atomic mass is 9.50. The van der Waals surface area contributed by atoms with Gasteiger partial charge in [0, 0.05) is 24.4 Å². The molecule has 4 atom stereocenters. The maximum absolute atomic E-state index is 7.70. The van der Waals surface area contributed by atoms with Crippen LogP contribution in [0.15, 0.2) is 12.1 Å². The van der Waals surface area contributed by atoms with Crippen LogP contribution in [0.4, 0.5) is 5.69 Å². The fourth-order valence-electron chi connectivity index (χ4n) is 7.68. The molecule has 3 aliphatic carbocycles. The SMILES string of the molecule is [C-]#[N+]c1ccc2c3c1O[C@H]1C4(CC[C@H]5[C@@H](C2)N(CC2CCC2)CC[C@@]351)OCCO4. The fraction of sp³-hybridized carbons (Fsp3) is 0.708. The highest BCUT2D eigenvalue weighted by molar-refractivity contribution is 5.69. The summed E-state index contributed by atoms with van der Waals surface area (Å²) in [5.74, 6) is 1.70.